The number of nitrogens with zero attached hydrogens (tertiary/aromatic N) is 2. The molecule has 156 valence electrons. The Kier molecular flexibility index (Phi) is 6.01. The molecule has 0 saturated heterocycles. The molecule has 30 heavy (non-hydrogen) atoms. The van der Waals surface area contributed by atoms with Gasteiger partial charge in [0.05, 0.1) is 10.6 Å². The summed E-state index contributed by atoms with van der Waals surface area (Å²) < 4.78 is 0. The molecule has 0 radical (unpaired) electrons. The van der Waals surface area contributed by atoms with Crippen LogP contribution in [0.4, 0.5) is 5.69 Å². The fourth-order valence-corrected chi connectivity index (χ4v) is 5.26. The Labute approximate surface area is 183 Å². The van der Waals surface area contributed by atoms with E-state index in [0.717, 1.165) is 49.7 Å². The predicted octanol–water partition coefficient (Wildman–Crippen LogP) is 5.27. The molecular formula is C25H28ClN3O. The summed E-state index contributed by atoms with van der Waals surface area (Å²) in [5.41, 5.74) is 4.82. The van der Waals surface area contributed by atoms with Gasteiger partial charge in [0.1, 0.15) is 6.07 Å². The number of carbonyl (C=O) groups excluding carboxylic acids is 1. The molecular weight excluding hydrogens is 394 g/mol. The maximum absolute atomic E-state index is 12.6. The molecule has 0 spiro atoms. The van der Waals surface area contributed by atoms with E-state index in [1.54, 1.807) is 0 Å². The van der Waals surface area contributed by atoms with E-state index in [9.17, 15) is 10.1 Å². The second kappa shape index (κ2) is 8.70. The smallest absolute Gasteiger partial charge is 0.251 e. The number of rotatable bonds is 4. The number of halogens is 1. The zero-order valence-corrected chi connectivity index (χ0v) is 18.4. The molecule has 4 nitrogen and oxygen atoms in total. The van der Waals surface area contributed by atoms with Gasteiger partial charge in [-0.05, 0) is 80.8 Å². The van der Waals surface area contributed by atoms with Gasteiger partial charge in [0, 0.05) is 29.4 Å². The van der Waals surface area contributed by atoms with Crippen LogP contribution in [0.5, 0.6) is 0 Å². The third kappa shape index (κ3) is 3.91. The first-order valence-electron chi connectivity index (χ1n) is 10.9. The van der Waals surface area contributed by atoms with Gasteiger partial charge >= 0.3 is 0 Å². The SMILES string of the molecule is CCc1ccc(C(=O)N[C@H]2CC[C@H](N3c4ccc(C#N)c(Cl)c4C[C@@H]3C)CC2)cc1. The van der Waals surface area contributed by atoms with Crippen molar-refractivity contribution in [2.24, 2.45) is 0 Å². The van der Waals surface area contributed by atoms with Crippen LogP contribution < -0.4 is 10.2 Å². The zero-order chi connectivity index (χ0) is 21.3. The molecule has 1 amide bonds. The van der Waals surface area contributed by atoms with E-state index in [0.29, 0.717) is 22.7 Å². The van der Waals surface area contributed by atoms with Crippen molar-refractivity contribution >= 4 is 23.2 Å². The van der Waals surface area contributed by atoms with Crippen LogP contribution in [0.2, 0.25) is 5.02 Å². The molecule has 5 heteroatoms. The molecule has 1 atom stereocenters. The molecule has 2 aromatic carbocycles. The topological polar surface area (TPSA) is 56.1 Å². The third-order valence-corrected chi connectivity index (χ3v) is 7.07. The highest BCUT2D eigenvalue weighted by atomic mass is 35.5. The first-order chi connectivity index (χ1) is 14.5. The number of amides is 1. The minimum absolute atomic E-state index is 0.0248. The second-order valence-electron chi connectivity index (χ2n) is 8.53. The molecule has 0 bridgehead atoms. The highest BCUT2D eigenvalue weighted by molar-refractivity contribution is 6.33. The number of nitrogens with one attached hydrogen (secondary N) is 1. The van der Waals surface area contributed by atoms with E-state index in [4.69, 9.17) is 11.6 Å². The molecule has 0 unspecified atom stereocenters. The van der Waals surface area contributed by atoms with Crippen molar-refractivity contribution in [3.63, 3.8) is 0 Å². The van der Waals surface area contributed by atoms with E-state index in [1.165, 1.54) is 11.3 Å². The molecule has 1 saturated carbocycles. The van der Waals surface area contributed by atoms with Crippen LogP contribution in [-0.4, -0.2) is 24.0 Å². The molecule has 4 rings (SSSR count). The second-order valence-corrected chi connectivity index (χ2v) is 8.90. The van der Waals surface area contributed by atoms with Gasteiger partial charge in [-0.15, -0.1) is 0 Å². The number of hydrogen-bond acceptors (Lipinski definition) is 3. The van der Waals surface area contributed by atoms with Crippen LogP contribution in [0.1, 0.15) is 66.6 Å². The average molecular weight is 422 g/mol. The summed E-state index contributed by atoms with van der Waals surface area (Å²) in [5.74, 6) is 0.0248. The number of nitriles is 1. The van der Waals surface area contributed by atoms with Crippen LogP contribution in [-0.2, 0) is 12.8 Å². The van der Waals surface area contributed by atoms with Crippen LogP contribution in [0, 0.1) is 11.3 Å². The molecule has 1 aliphatic heterocycles. The number of benzene rings is 2. The minimum atomic E-state index is 0.0248. The summed E-state index contributed by atoms with van der Waals surface area (Å²) in [5, 5.41) is 13.1. The maximum atomic E-state index is 12.6. The van der Waals surface area contributed by atoms with Crippen molar-refractivity contribution in [1.82, 2.24) is 5.32 Å². The van der Waals surface area contributed by atoms with Crippen LogP contribution in [0.15, 0.2) is 36.4 Å². The lowest BCUT2D eigenvalue weighted by molar-refractivity contribution is 0.0925. The molecule has 1 aliphatic carbocycles. The monoisotopic (exact) mass is 421 g/mol. The van der Waals surface area contributed by atoms with Crippen molar-refractivity contribution in [2.75, 3.05) is 4.90 Å². The summed E-state index contributed by atoms with van der Waals surface area (Å²) in [7, 11) is 0. The van der Waals surface area contributed by atoms with Gasteiger partial charge in [-0.3, -0.25) is 4.79 Å². The maximum Gasteiger partial charge on any atom is 0.251 e. The number of anilines is 1. The third-order valence-electron chi connectivity index (χ3n) is 6.64. The lowest BCUT2D eigenvalue weighted by Gasteiger charge is -2.39. The van der Waals surface area contributed by atoms with E-state index < -0.39 is 0 Å². The first-order valence-corrected chi connectivity index (χ1v) is 11.3. The van der Waals surface area contributed by atoms with Crippen molar-refractivity contribution < 1.29 is 4.79 Å². The van der Waals surface area contributed by atoms with E-state index >= 15 is 0 Å². The highest BCUT2D eigenvalue weighted by Crippen LogP contribution is 2.42. The Morgan fingerprint density at radius 2 is 1.87 bits per heavy atom. The fraction of sp³-hybridized carbons (Fsp3) is 0.440. The number of hydrogen-bond donors (Lipinski definition) is 1. The summed E-state index contributed by atoms with van der Waals surface area (Å²) in [6.45, 7) is 4.35. The molecule has 2 aliphatic rings. The van der Waals surface area contributed by atoms with Crippen LogP contribution in [0.25, 0.3) is 0 Å². The minimum Gasteiger partial charge on any atom is -0.365 e. The van der Waals surface area contributed by atoms with Crippen molar-refractivity contribution in [3.05, 3.63) is 63.7 Å². The van der Waals surface area contributed by atoms with E-state index in [1.807, 2.05) is 30.3 Å². The van der Waals surface area contributed by atoms with E-state index in [-0.39, 0.29) is 11.9 Å². The normalized spacial score (nSPS) is 23.0. The standard InChI is InChI=1S/C25H28ClN3O/c1-3-17-4-6-18(7-5-17)25(30)28-20-9-11-21(12-10-20)29-16(2)14-22-23(29)13-8-19(15-27)24(22)26/h4-8,13,16,20-21H,3,9-12,14H2,1-2H3,(H,28,30)/t16-,20-,21-/m0/s1. The predicted molar refractivity (Wildman–Crippen MR) is 121 cm³/mol. The van der Waals surface area contributed by atoms with Crippen LogP contribution >= 0.6 is 11.6 Å². The van der Waals surface area contributed by atoms with Crippen molar-refractivity contribution in [2.45, 2.75) is 70.5 Å². The summed E-state index contributed by atoms with van der Waals surface area (Å²) in [6.07, 6.45) is 5.90. The quantitative estimate of drug-likeness (QED) is 0.731. The Morgan fingerprint density at radius 1 is 1.17 bits per heavy atom. The van der Waals surface area contributed by atoms with Gasteiger partial charge in [-0.25, -0.2) is 0 Å². The summed E-state index contributed by atoms with van der Waals surface area (Å²) in [4.78, 5) is 15.1. The van der Waals surface area contributed by atoms with Gasteiger partial charge in [0.25, 0.3) is 5.91 Å². The largest absolute Gasteiger partial charge is 0.365 e. The van der Waals surface area contributed by atoms with Gasteiger partial charge in [0.2, 0.25) is 0 Å². The molecule has 1 heterocycles. The van der Waals surface area contributed by atoms with Gasteiger partial charge < -0.3 is 10.2 Å². The number of carbonyl (C=O) groups is 1. The summed E-state index contributed by atoms with van der Waals surface area (Å²) in [6, 6.07) is 15.0. The molecule has 2 aromatic rings. The number of aryl methyl sites for hydroxylation is 1. The van der Waals surface area contributed by atoms with E-state index in [2.05, 4.69) is 36.2 Å². The lowest BCUT2D eigenvalue weighted by Crippen LogP contribution is -2.46. The Morgan fingerprint density at radius 3 is 2.50 bits per heavy atom. The zero-order valence-electron chi connectivity index (χ0n) is 17.6. The van der Waals surface area contributed by atoms with Crippen molar-refractivity contribution in [1.29, 1.82) is 5.26 Å². The number of fused-ring (bicyclic) bond motifs is 1. The summed E-state index contributed by atoms with van der Waals surface area (Å²) >= 11 is 6.48. The molecule has 1 N–H and O–H groups in total. The van der Waals surface area contributed by atoms with Gasteiger partial charge in [-0.1, -0.05) is 30.7 Å². The van der Waals surface area contributed by atoms with Crippen molar-refractivity contribution in [3.8, 4) is 6.07 Å². The highest BCUT2D eigenvalue weighted by Gasteiger charge is 2.35. The van der Waals surface area contributed by atoms with Crippen LogP contribution in [0.3, 0.4) is 0 Å². The fourth-order valence-electron chi connectivity index (χ4n) is 4.98. The Balaban J connectivity index is 1.39. The van der Waals surface area contributed by atoms with Gasteiger partial charge in [0.15, 0.2) is 0 Å². The Bertz CT molecular complexity index is 971. The molecule has 0 aromatic heterocycles. The average Bonchev–Trinajstić information content (AvgIpc) is 3.11. The lowest BCUT2D eigenvalue weighted by atomic mass is 9.89. The molecule has 1 fully saturated rings. The van der Waals surface area contributed by atoms with Gasteiger partial charge in [-0.2, -0.15) is 5.26 Å². The first kappa shape index (κ1) is 20.8. The Hall–Kier alpha value is -2.51.